The number of carbonyl (C=O) groups is 5. The molecule has 1 aromatic carbocycles. The summed E-state index contributed by atoms with van der Waals surface area (Å²) in [5.74, 6) is -4.19. The molecule has 1 aromatic rings. The number of ketones is 2. The van der Waals surface area contributed by atoms with Gasteiger partial charge < -0.3 is 32.3 Å². The average Bonchev–Trinajstić information content (AvgIpc) is 3.55. The van der Waals surface area contributed by atoms with E-state index in [1.165, 1.54) is 23.9 Å². The number of allylic oxidation sites excluding steroid dienone is 1. The van der Waals surface area contributed by atoms with Crippen molar-refractivity contribution in [3.8, 4) is 5.75 Å². The van der Waals surface area contributed by atoms with Crippen LogP contribution in [0.3, 0.4) is 0 Å². The molecule has 2 rings (SSSR count). The maximum absolute atomic E-state index is 13.8. The molecule has 0 spiro atoms. The van der Waals surface area contributed by atoms with Crippen molar-refractivity contribution in [2.24, 2.45) is 28.3 Å². The number of carboxylic acids is 1. The SMILES string of the molecule is CSCCC(NC(=O)C(CC(=O)C(CCCCN)NC(=O)C(N)CS)Cc1ccc(O)cc1)C(=O)CC(CC1=CN=CC1)C(=O)O. The Kier molecular flexibility index (Phi) is 17.6. The summed E-state index contributed by atoms with van der Waals surface area (Å²) < 4.78 is 0. The van der Waals surface area contributed by atoms with Crippen LogP contribution in [-0.2, 0) is 30.4 Å². The van der Waals surface area contributed by atoms with Gasteiger partial charge in [-0.2, -0.15) is 24.4 Å². The number of hydrogen-bond donors (Lipinski definition) is 7. The summed E-state index contributed by atoms with van der Waals surface area (Å²) in [6.45, 7) is 0.413. The highest BCUT2D eigenvalue weighted by Crippen LogP contribution is 2.23. The Balaban J connectivity index is 2.29. The van der Waals surface area contributed by atoms with Crippen LogP contribution in [0, 0.1) is 11.8 Å². The van der Waals surface area contributed by atoms with E-state index in [-0.39, 0.29) is 49.4 Å². The number of aliphatic imine (C=N–C) groups is 1. The second-order valence-electron chi connectivity index (χ2n) is 11.4. The van der Waals surface area contributed by atoms with Crippen LogP contribution in [-0.4, -0.2) is 88.2 Å². The van der Waals surface area contributed by atoms with Crippen molar-refractivity contribution in [1.29, 1.82) is 0 Å². The number of nitrogens with two attached hydrogens (primary N) is 2. The number of hydrogen-bond acceptors (Lipinski definition) is 11. The third-order valence-corrected chi connectivity index (χ3v) is 8.80. The fraction of sp³-hybridized carbons (Fsp3) is 0.562. The summed E-state index contributed by atoms with van der Waals surface area (Å²) in [6, 6.07) is 3.45. The maximum atomic E-state index is 13.8. The van der Waals surface area contributed by atoms with Gasteiger partial charge in [-0.25, -0.2) is 0 Å². The number of Topliss-reactive ketones (excluding diaryl/α,β-unsaturated/α-hetero) is 2. The topological polar surface area (TPSA) is 214 Å². The molecule has 1 aliphatic heterocycles. The van der Waals surface area contributed by atoms with Crippen LogP contribution < -0.4 is 22.1 Å². The van der Waals surface area contributed by atoms with Gasteiger partial charge in [0.2, 0.25) is 11.8 Å². The number of nitrogens with zero attached hydrogens (tertiary/aromatic N) is 1. The molecule has 0 radical (unpaired) electrons. The second-order valence-corrected chi connectivity index (χ2v) is 12.8. The van der Waals surface area contributed by atoms with Crippen molar-refractivity contribution in [3.63, 3.8) is 0 Å². The minimum Gasteiger partial charge on any atom is -0.508 e. The fourth-order valence-electron chi connectivity index (χ4n) is 5.03. The van der Waals surface area contributed by atoms with Gasteiger partial charge in [-0.15, -0.1) is 0 Å². The van der Waals surface area contributed by atoms with Crippen molar-refractivity contribution >= 4 is 60.0 Å². The number of carboxylic acid groups (broad SMARTS) is 1. The summed E-state index contributed by atoms with van der Waals surface area (Å²) in [6.07, 6.45) is 7.25. The highest BCUT2D eigenvalue weighted by Gasteiger charge is 2.32. The molecule has 0 saturated carbocycles. The summed E-state index contributed by atoms with van der Waals surface area (Å²) in [4.78, 5) is 69.6. The first-order valence-electron chi connectivity index (χ1n) is 15.4. The summed E-state index contributed by atoms with van der Waals surface area (Å²) in [5.41, 5.74) is 12.9. The van der Waals surface area contributed by atoms with E-state index in [9.17, 15) is 34.2 Å². The highest BCUT2D eigenvalue weighted by molar-refractivity contribution is 7.98. The number of unbranched alkanes of at least 4 members (excludes halogenated alkanes) is 1. The number of aromatic hydroxyl groups is 1. The summed E-state index contributed by atoms with van der Waals surface area (Å²) in [7, 11) is 0. The number of nitrogens with one attached hydrogen (secondary N) is 2. The zero-order chi connectivity index (χ0) is 34.1. The number of phenols is 1. The molecular formula is C32H47N5O7S2. The lowest BCUT2D eigenvalue weighted by atomic mass is 9.88. The Morgan fingerprint density at radius 3 is 2.15 bits per heavy atom. The minimum atomic E-state index is -1.10. The quantitative estimate of drug-likeness (QED) is 0.0661. The second kappa shape index (κ2) is 20.8. The third-order valence-electron chi connectivity index (χ3n) is 7.76. The van der Waals surface area contributed by atoms with Crippen LogP contribution in [0.25, 0.3) is 0 Å². The predicted octanol–water partition coefficient (Wildman–Crippen LogP) is 2.03. The van der Waals surface area contributed by atoms with E-state index in [2.05, 4.69) is 28.3 Å². The zero-order valence-electron chi connectivity index (χ0n) is 26.2. The van der Waals surface area contributed by atoms with Crippen molar-refractivity contribution < 1.29 is 34.2 Å². The molecule has 0 bridgehead atoms. The Morgan fingerprint density at radius 2 is 1.59 bits per heavy atom. The Hall–Kier alpha value is -3.20. The van der Waals surface area contributed by atoms with Crippen LogP contribution in [0.15, 0.2) is 41.0 Å². The number of benzene rings is 1. The van der Waals surface area contributed by atoms with Crippen molar-refractivity contribution in [2.45, 2.75) is 75.9 Å². The van der Waals surface area contributed by atoms with E-state index in [1.54, 1.807) is 24.5 Å². The molecular weight excluding hydrogens is 631 g/mol. The first kappa shape index (κ1) is 39.0. The minimum absolute atomic E-state index is 0.0414. The molecule has 5 atom stereocenters. The van der Waals surface area contributed by atoms with Crippen LogP contribution in [0.5, 0.6) is 5.75 Å². The molecule has 0 aromatic heterocycles. The number of phenolic OH excluding ortho intramolecular Hbond substituents is 1. The largest absolute Gasteiger partial charge is 0.508 e. The van der Waals surface area contributed by atoms with Crippen LogP contribution in [0.2, 0.25) is 0 Å². The first-order valence-corrected chi connectivity index (χ1v) is 17.4. The highest BCUT2D eigenvalue weighted by atomic mass is 32.2. The van der Waals surface area contributed by atoms with Gasteiger partial charge in [-0.05, 0) is 80.3 Å². The first-order chi connectivity index (χ1) is 22.0. The summed E-state index contributed by atoms with van der Waals surface area (Å²) in [5, 5.41) is 25.1. The molecule has 14 heteroatoms. The van der Waals surface area contributed by atoms with E-state index < -0.39 is 53.5 Å². The Morgan fingerprint density at radius 1 is 0.957 bits per heavy atom. The van der Waals surface area contributed by atoms with Gasteiger partial charge in [0.15, 0.2) is 11.6 Å². The fourth-order valence-corrected chi connectivity index (χ4v) is 5.67. The molecule has 1 heterocycles. The number of thioether (sulfide) groups is 1. The number of rotatable bonds is 23. The van der Waals surface area contributed by atoms with Gasteiger partial charge in [-0.1, -0.05) is 12.1 Å². The Bertz CT molecular complexity index is 1240. The van der Waals surface area contributed by atoms with Gasteiger partial charge in [-0.3, -0.25) is 29.0 Å². The standard InChI is InChI=1S/C32H47N5O7S2/c1-46-13-10-27(29(40)17-23(32(43)44)15-21-9-12-35-18-21)36-30(41)22(14-20-5-7-24(38)8-6-20)16-28(39)26(4-2-3-11-33)37-31(42)25(34)19-45/h5-8,12,18,22-23,25-27,38,45H,2-4,9-11,13-17,19,33-34H2,1H3,(H,36,41)(H,37,42)(H,43,44). The lowest BCUT2D eigenvalue weighted by molar-refractivity contribution is -0.144. The van der Waals surface area contributed by atoms with E-state index in [0.717, 1.165) is 5.57 Å². The monoisotopic (exact) mass is 677 g/mol. The summed E-state index contributed by atoms with van der Waals surface area (Å²) >= 11 is 5.55. The molecule has 2 amide bonds. The van der Waals surface area contributed by atoms with Gasteiger partial charge in [0.25, 0.3) is 0 Å². The number of aliphatic carboxylic acids is 1. The van der Waals surface area contributed by atoms with Gasteiger partial charge in [0, 0.05) is 43.3 Å². The molecule has 1 aliphatic rings. The maximum Gasteiger partial charge on any atom is 0.307 e. The predicted molar refractivity (Wildman–Crippen MR) is 183 cm³/mol. The number of thiol groups is 1. The molecule has 5 unspecified atom stereocenters. The normalized spacial score (nSPS) is 15.7. The molecule has 0 aliphatic carbocycles. The van der Waals surface area contributed by atoms with Gasteiger partial charge in [0.05, 0.1) is 24.0 Å². The van der Waals surface area contributed by atoms with Crippen LogP contribution in [0.4, 0.5) is 0 Å². The lowest BCUT2D eigenvalue weighted by Gasteiger charge is -2.25. The van der Waals surface area contributed by atoms with E-state index in [0.29, 0.717) is 43.5 Å². The smallest absolute Gasteiger partial charge is 0.307 e. The van der Waals surface area contributed by atoms with Crippen molar-refractivity contribution in [3.05, 3.63) is 41.6 Å². The van der Waals surface area contributed by atoms with Crippen LogP contribution >= 0.6 is 24.4 Å². The van der Waals surface area contributed by atoms with E-state index in [4.69, 9.17) is 11.5 Å². The average molecular weight is 678 g/mol. The molecule has 0 saturated heterocycles. The number of amides is 2. The molecule has 46 heavy (non-hydrogen) atoms. The molecule has 0 fully saturated rings. The van der Waals surface area contributed by atoms with Gasteiger partial charge in [0.1, 0.15) is 5.75 Å². The van der Waals surface area contributed by atoms with Crippen LogP contribution in [0.1, 0.15) is 56.9 Å². The van der Waals surface area contributed by atoms with E-state index in [1.807, 2.05) is 6.26 Å². The van der Waals surface area contributed by atoms with Gasteiger partial charge >= 0.3 is 5.97 Å². The molecule has 8 N–H and O–H groups in total. The Labute approximate surface area is 280 Å². The molecule has 254 valence electrons. The van der Waals surface area contributed by atoms with E-state index >= 15 is 0 Å². The lowest BCUT2D eigenvalue weighted by Crippen LogP contribution is -2.50. The number of carbonyl (C=O) groups excluding carboxylic acids is 4. The van der Waals surface area contributed by atoms with Crippen molar-refractivity contribution in [2.75, 3.05) is 24.3 Å². The zero-order valence-corrected chi connectivity index (χ0v) is 27.9. The third kappa shape index (κ3) is 13.7. The van der Waals surface area contributed by atoms with Crippen molar-refractivity contribution in [1.82, 2.24) is 10.6 Å². The molecule has 12 nitrogen and oxygen atoms in total.